The summed E-state index contributed by atoms with van der Waals surface area (Å²) in [5, 5.41) is 2.34. The first-order chi connectivity index (χ1) is 69.6. The summed E-state index contributed by atoms with van der Waals surface area (Å²) in [4.78, 5) is 14.4. The molecule has 15 rings (SSSR count). The van der Waals surface area contributed by atoms with Crippen LogP contribution in [0, 0.1) is 67.1 Å². The molecule has 0 spiro atoms. The van der Waals surface area contributed by atoms with E-state index in [-0.39, 0.29) is 5.60 Å². The summed E-state index contributed by atoms with van der Waals surface area (Å²) in [6.07, 6.45) is 69.5. The zero-order valence-electron chi connectivity index (χ0n) is 91.5. The first-order valence-electron chi connectivity index (χ1n) is 58.1. The molecule has 18 heteroatoms. The van der Waals surface area contributed by atoms with Crippen molar-refractivity contribution in [2.24, 2.45) is 53.3 Å². The largest absolute Gasteiger partial charge is 0.481 e. The lowest BCUT2D eigenvalue weighted by molar-refractivity contribution is 0.0184. The molecule has 0 fully saturated rings. The Balaban J connectivity index is 0.000000348. The van der Waals surface area contributed by atoms with Gasteiger partial charge in [-0.15, -0.1) is 68.0 Å². The van der Waals surface area contributed by atoms with Crippen LogP contribution in [0.25, 0.3) is 104 Å². The molecule has 0 aliphatic carbocycles. The van der Waals surface area contributed by atoms with E-state index in [9.17, 15) is 0 Å². The van der Waals surface area contributed by atoms with Crippen molar-refractivity contribution in [3.05, 3.63) is 111 Å². The highest BCUT2D eigenvalue weighted by molar-refractivity contribution is 7.27. The molecule has 3 aliphatic heterocycles. The van der Waals surface area contributed by atoms with Gasteiger partial charge in [-0.1, -0.05) is 429 Å². The molecular weight excluding hydrogens is 1920 g/mol. The first kappa shape index (κ1) is 113. The molecule has 9 atom stereocenters. The van der Waals surface area contributed by atoms with Crippen LogP contribution in [0.5, 0.6) is 17.2 Å². The molecule has 9 nitrogen and oxygen atoms in total. The fraction of sp³-hybridized carbons (Fsp3) is 0.664. The number of thiophene rings is 6. The second-order valence-corrected chi connectivity index (χ2v) is 54.1. The van der Waals surface area contributed by atoms with Crippen molar-refractivity contribution >= 4 is 136 Å². The minimum atomic E-state index is -0.490. The Morgan fingerprint density at radius 2 is 0.594 bits per heavy atom. The van der Waals surface area contributed by atoms with Gasteiger partial charge in [0.2, 0.25) is 0 Å². The molecule has 0 radical (unpaired) electrons. The van der Waals surface area contributed by atoms with Gasteiger partial charge in [0, 0.05) is 63.3 Å². The Morgan fingerprint density at radius 3 is 1.00 bits per heavy atom. The molecule has 0 amide bonds. The van der Waals surface area contributed by atoms with Crippen molar-refractivity contribution in [1.82, 2.24) is 26.2 Å². The molecule has 0 saturated carbocycles. The maximum absolute atomic E-state index is 8.13. The molecule has 0 saturated heterocycles. The van der Waals surface area contributed by atoms with Crippen LogP contribution in [0.15, 0.2) is 84.2 Å². The molecule has 3 aliphatic rings. The van der Waals surface area contributed by atoms with Crippen molar-refractivity contribution in [3.63, 3.8) is 0 Å². The van der Waals surface area contributed by atoms with Crippen LogP contribution < -0.4 is 14.2 Å². The molecule has 0 N–H and O–H groups in total. The predicted octanol–water partition coefficient (Wildman–Crippen LogP) is 44.7. The van der Waals surface area contributed by atoms with Crippen molar-refractivity contribution in [2.75, 3.05) is 0 Å². The van der Waals surface area contributed by atoms with Crippen LogP contribution in [-0.2, 0) is 16.8 Å². The van der Waals surface area contributed by atoms with Gasteiger partial charge in [-0.05, 0) is 178 Å². The van der Waals surface area contributed by atoms with Crippen LogP contribution in [-0.4, -0.2) is 26.2 Å². The number of benzene rings is 3. The van der Waals surface area contributed by atoms with Crippen LogP contribution >= 0.6 is 103 Å². The molecule has 143 heavy (non-hydrogen) atoms. The minimum Gasteiger partial charge on any atom is -0.481 e. The Morgan fingerprint density at radius 1 is 0.273 bits per heavy atom. The number of unbranched alkanes of at least 4 members (excludes halogenated alkanes) is 24. The van der Waals surface area contributed by atoms with Gasteiger partial charge in [0.25, 0.3) is 0 Å². The molecule has 9 unspecified atom stereocenters. The van der Waals surface area contributed by atoms with Gasteiger partial charge >= 0.3 is 0 Å². The van der Waals surface area contributed by atoms with E-state index < -0.39 is 11.2 Å². The molecular formula is C125H182N6O3S9. The highest BCUT2D eigenvalue weighted by Gasteiger charge is 2.49. The van der Waals surface area contributed by atoms with Gasteiger partial charge in [0.1, 0.15) is 67.2 Å². The topological polar surface area (TPSA) is 105 Å². The molecule has 9 aromatic heterocycles. The summed E-state index contributed by atoms with van der Waals surface area (Å²) in [5.41, 5.74) is 14.9. The summed E-state index contributed by atoms with van der Waals surface area (Å²) < 4.78 is 53.6. The van der Waals surface area contributed by atoms with Gasteiger partial charge in [-0.3, -0.25) is 0 Å². The normalized spacial score (nSPS) is 17.2. The van der Waals surface area contributed by atoms with Crippen molar-refractivity contribution in [3.8, 4) is 88.3 Å². The van der Waals surface area contributed by atoms with Gasteiger partial charge in [0.15, 0.2) is 0 Å². The van der Waals surface area contributed by atoms with E-state index in [1.54, 1.807) is 0 Å². The third kappa shape index (κ3) is 30.6. The molecule has 12 aromatic rings. The monoisotopic (exact) mass is 2100 g/mol. The van der Waals surface area contributed by atoms with Crippen molar-refractivity contribution in [2.45, 2.75) is 481 Å². The predicted molar refractivity (Wildman–Crippen MR) is 633 cm³/mol. The molecule has 0 bridgehead atoms. The zero-order chi connectivity index (χ0) is 101. The zero-order valence-corrected chi connectivity index (χ0v) is 98.9. The first-order valence-corrected chi connectivity index (χ1v) is 65.3. The maximum Gasteiger partial charge on any atom is 0.140 e. The van der Waals surface area contributed by atoms with Crippen LogP contribution in [0.4, 0.5) is 0 Å². The smallest absolute Gasteiger partial charge is 0.140 e. The number of hydrogen-bond donors (Lipinski definition) is 0. The molecule has 12 heterocycles. The third-order valence-electron chi connectivity index (χ3n) is 32.4. The second-order valence-electron chi connectivity index (χ2n) is 46.1. The highest BCUT2D eigenvalue weighted by atomic mass is 32.1. The summed E-state index contributed by atoms with van der Waals surface area (Å²) in [6.45, 7) is 40.2. The summed E-state index contributed by atoms with van der Waals surface area (Å²) in [5.74, 6) is 9.36. The van der Waals surface area contributed by atoms with Gasteiger partial charge in [-0.2, -0.15) is 26.2 Å². The Bertz CT molecular complexity index is 5740. The van der Waals surface area contributed by atoms with Crippen LogP contribution in [0.1, 0.15) is 478 Å². The SMILES string of the molecule is CCCCCCCCC(CCCCCC)CC1(CCC(C)CCCC(C)C)Oc2cc(-c3ccc(-c4cc5c(s4)-c4sc(-c6cccc7nsnc67)cc4OC5(CCC(C)CCCC(C)C)CC(CCCCCC)CCCCCCCC)c4nsnc34)sc2-c2sc(-c3ccc(C)c4nsnc34)cc21.CCCCCCCCC(CCCCCC)CC1(CCC(C)CCCC(C)C)Oc2cc(C)sc2-c2sccc21. The standard InChI is InChI=1S/C89H122N6O2S7.C36H60OS2/c1-12-16-20-24-26-30-41-64(39-28-22-18-14-3)57-88(51-49-61(9)37-32-35-59(5)6)70-53-75(67-46-45-63(11)79-81(67)93-103-91-79)98-85(70)87-74(97-88)56-78(101-87)69-48-47-68(82-83(69)95-104-94-82)76-54-71-84(99-76)86-73(55-77(100-86)66-43-34-44-72-80(66)92-102-90-72)96-89(71,52-50-62(10)38-33-36-60(7)8)58-65(40-29-23-19-15-4)42-31-27-25-21-17-13-2;1-7-9-11-13-14-16-21-31(20-15-12-10-8-2)27-36(24-22-29(5)19-17-18-28(3)4)32-23-25-38-34(32)35-33(37-36)26-30(6)39-35/h34,43-48,53-56,59-62,64-65H,12-33,35-42,49-52,57-58H2,1-11H3;23,25-26,28-29,31H,7-22,24,27H2,1-6H3. The average molecular weight is 2110 g/mol. The highest BCUT2D eigenvalue weighted by Crippen LogP contribution is 2.64. The lowest BCUT2D eigenvalue weighted by Crippen LogP contribution is -2.38. The van der Waals surface area contributed by atoms with E-state index in [0.29, 0.717) is 23.7 Å². The van der Waals surface area contributed by atoms with Gasteiger partial charge in [-0.25, -0.2) is 0 Å². The van der Waals surface area contributed by atoms with E-state index >= 15 is 0 Å². The second kappa shape index (κ2) is 57.3. The number of aromatic nitrogens is 6. The molecule has 3 aromatic carbocycles. The third-order valence-corrected chi connectivity index (χ3v) is 41.1. The van der Waals surface area contributed by atoms with Gasteiger partial charge in [0.05, 0.1) is 64.4 Å². The van der Waals surface area contributed by atoms with E-state index in [2.05, 4.69) is 202 Å². The van der Waals surface area contributed by atoms with Crippen molar-refractivity contribution in [1.29, 1.82) is 0 Å². The van der Waals surface area contributed by atoms with E-state index in [1.165, 1.54) is 424 Å². The number of aryl methyl sites for hydroxylation is 2. The van der Waals surface area contributed by atoms with Crippen LogP contribution in [0.2, 0.25) is 0 Å². The lowest BCUT2D eigenvalue weighted by atomic mass is 9.75. The fourth-order valence-corrected chi connectivity index (χ4v) is 32.7. The quantitative estimate of drug-likeness (QED) is 0.0345. The summed E-state index contributed by atoms with van der Waals surface area (Å²) >= 11 is 15.6. The van der Waals surface area contributed by atoms with Gasteiger partial charge < -0.3 is 14.2 Å². The Kier molecular flexibility index (Phi) is 45.4. The number of rotatable bonds is 67. The van der Waals surface area contributed by atoms with Crippen molar-refractivity contribution < 1.29 is 14.2 Å². The molecule has 784 valence electrons. The number of ether oxygens (including phenoxy) is 3. The lowest BCUT2D eigenvalue weighted by Gasteiger charge is -2.41. The fourth-order valence-electron chi connectivity index (χ4n) is 23.8. The summed E-state index contributed by atoms with van der Waals surface area (Å²) in [7, 11) is 0. The summed E-state index contributed by atoms with van der Waals surface area (Å²) in [6, 6.07) is 30.6. The maximum atomic E-state index is 8.13. The van der Waals surface area contributed by atoms with E-state index in [4.69, 9.17) is 40.5 Å². The Hall–Kier alpha value is -5.28. The minimum absolute atomic E-state index is 0.153. The number of hydrogen-bond acceptors (Lipinski definition) is 18. The average Bonchev–Trinajstić information content (AvgIpc) is 1.56. The van der Waals surface area contributed by atoms with E-state index in [1.807, 2.05) is 68.0 Å². The van der Waals surface area contributed by atoms with E-state index in [0.717, 1.165) is 136 Å². The van der Waals surface area contributed by atoms with Crippen LogP contribution in [0.3, 0.4) is 0 Å². The number of nitrogens with zero attached hydrogens (tertiary/aromatic N) is 6. The Labute approximate surface area is 902 Å². The number of fused-ring (bicyclic) bond motifs is 12.